The van der Waals surface area contributed by atoms with E-state index in [9.17, 15) is 4.79 Å². The highest BCUT2D eigenvalue weighted by atomic mass is 16.6. The van der Waals surface area contributed by atoms with Gasteiger partial charge in [-0.3, -0.25) is 4.79 Å². The Kier molecular flexibility index (Phi) is 4.92. The molecule has 1 aliphatic rings. The number of amides is 1. The Morgan fingerprint density at radius 3 is 2.50 bits per heavy atom. The first-order valence-electron chi connectivity index (χ1n) is 9.16. The van der Waals surface area contributed by atoms with Crippen molar-refractivity contribution in [2.75, 3.05) is 13.2 Å². The van der Waals surface area contributed by atoms with Crippen molar-refractivity contribution in [3.05, 3.63) is 53.6 Å². The first-order valence-corrected chi connectivity index (χ1v) is 9.16. The molecular formula is C20H21N5O3. The van der Waals surface area contributed by atoms with E-state index in [1.165, 1.54) is 0 Å². The maximum atomic E-state index is 12.8. The van der Waals surface area contributed by atoms with Crippen LogP contribution in [-0.2, 0) is 0 Å². The predicted octanol–water partition coefficient (Wildman–Crippen LogP) is 2.77. The third-order valence-electron chi connectivity index (χ3n) is 4.63. The van der Waals surface area contributed by atoms with E-state index in [0.29, 0.717) is 30.4 Å². The van der Waals surface area contributed by atoms with Gasteiger partial charge in [0.2, 0.25) is 5.82 Å². The highest BCUT2D eigenvalue weighted by Crippen LogP contribution is 2.34. The van der Waals surface area contributed by atoms with Crippen LogP contribution in [0.25, 0.3) is 11.4 Å². The lowest BCUT2D eigenvalue weighted by Crippen LogP contribution is -2.31. The molecule has 0 fully saturated rings. The number of hydrogen-bond donors (Lipinski definition) is 2. The minimum Gasteiger partial charge on any atom is -0.486 e. The maximum absolute atomic E-state index is 12.8. The van der Waals surface area contributed by atoms with E-state index >= 15 is 0 Å². The fraction of sp³-hybridized carbons (Fsp3) is 0.300. The molecule has 8 heteroatoms. The number of aromatic amines is 1. The molecule has 0 bridgehead atoms. The number of carbonyl (C=O) groups excluding carboxylic acids is 1. The van der Waals surface area contributed by atoms with E-state index < -0.39 is 0 Å². The number of H-pyrrole nitrogens is 1. The number of rotatable bonds is 5. The number of tetrazole rings is 1. The van der Waals surface area contributed by atoms with E-state index in [4.69, 9.17) is 9.47 Å². The van der Waals surface area contributed by atoms with Gasteiger partial charge in [-0.15, -0.1) is 10.2 Å². The van der Waals surface area contributed by atoms with Gasteiger partial charge in [-0.1, -0.05) is 32.0 Å². The summed E-state index contributed by atoms with van der Waals surface area (Å²) in [6, 6.07) is 12.8. The fourth-order valence-corrected chi connectivity index (χ4v) is 3.17. The third-order valence-corrected chi connectivity index (χ3v) is 4.63. The number of fused-ring (bicyclic) bond motifs is 1. The van der Waals surface area contributed by atoms with Gasteiger partial charge in [-0.25, -0.2) is 0 Å². The molecule has 3 aromatic rings. The molecule has 28 heavy (non-hydrogen) atoms. The van der Waals surface area contributed by atoms with Crippen LogP contribution in [0.15, 0.2) is 42.5 Å². The zero-order chi connectivity index (χ0) is 19.5. The molecule has 144 valence electrons. The van der Waals surface area contributed by atoms with Crippen LogP contribution in [0.4, 0.5) is 0 Å². The SMILES string of the molecule is CC(C)[C@@H](NC(=O)c1ccc(-c2nn[nH]n2)cc1)c1ccc2c(c1)OCCO2. The summed E-state index contributed by atoms with van der Waals surface area (Å²) in [5, 5.41) is 17.0. The standard InChI is InChI=1S/C20H21N5O3/c1-12(2)18(15-7-8-16-17(11-15)28-10-9-27-16)21-20(26)14-5-3-13(4-6-14)19-22-24-25-23-19/h3-8,11-12,18H,9-10H2,1-2H3,(H,21,26)(H,22,23,24,25)/t18-/m1/s1. The van der Waals surface area contributed by atoms with Crippen molar-refractivity contribution in [1.29, 1.82) is 0 Å². The highest BCUT2D eigenvalue weighted by molar-refractivity contribution is 5.94. The molecule has 0 unspecified atom stereocenters. The van der Waals surface area contributed by atoms with Crippen molar-refractivity contribution in [3.8, 4) is 22.9 Å². The summed E-state index contributed by atoms with van der Waals surface area (Å²) >= 11 is 0. The van der Waals surface area contributed by atoms with E-state index in [-0.39, 0.29) is 17.9 Å². The van der Waals surface area contributed by atoms with Gasteiger partial charge in [-0.2, -0.15) is 5.21 Å². The smallest absolute Gasteiger partial charge is 0.251 e. The van der Waals surface area contributed by atoms with E-state index in [1.54, 1.807) is 24.3 Å². The lowest BCUT2D eigenvalue weighted by atomic mass is 9.95. The van der Waals surface area contributed by atoms with Gasteiger partial charge in [0.15, 0.2) is 11.5 Å². The Labute approximate surface area is 162 Å². The summed E-state index contributed by atoms with van der Waals surface area (Å²) in [5.74, 6) is 2.00. The normalized spacial score (nSPS) is 14.0. The first kappa shape index (κ1) is 18.0. The van der Waals surface area contributed by atoms with Gasteiger partial charge in [0.05, 0.1) is 6.04 Å². The quantitative estimate of drug-likeness (QED) is 0.707. The van der Waals surface area contributed by atoms with Crippen LogP contribution in [0.1, 0.15) is 35.8 Å². The summed E-state index contributed by atoms with van der Waals surface area (Å²) in [5.41, 5.74) is 2.34. The molecule has 0 saturated carbocycles. The average Bonchev–Trinajstić information content (AvgIpc) is 3.26. The largest absolute Gasteiger partial charge is 0.486 e. The number of benzene rings is 2. The fourth-order valence-electron chi connectivity index (χ4n) is 3.17. The monoisotopic (exact) mass is 379 g/mol. The second-order valence-corrected chi connectivity index (χ2v) is 6.91. The highest BCUT2D eigenvalue weighted by Gasteiger charge is 2.22. The zero-order valence-corrected chi connectivity index (χ0v) is 15.7. The Morgan fingerprint density at radius 1 is 1.07 bits per heavy atom. The van der Waals surface area contributed by atoms with Crippen molar-refractivity contribution in [2.45, 2.75) is 19.9 Å². The van der Waals surface area contributed by atoms with Crippen LogP contribution >= 0.6 is 0 Å². The Bertz CT molecular complexity index is 954. The third kappa shape index (κ3) is 3.66. The van der Waals surface area contributed by atoms with Gasteiger partial charge in [0.1, 0.15) is 13.2 Å². The van der Waals surface area contributed by atoms with E-state index in [2.05, 4.69) is 39.8 Å². The first-order chi connectivity index (χ1) is 13.6. The van der Waals surface area contributed by atoms with Gasteiger partial charge in [0.25, 0.3) is 5.91 Å². The molecule has 1 aromatic heterocycles. The summed E-state index contributed by atoms with van der Waals surface area (Å²) in [7, 11) is 0. The molecule has 2 aromatic carbocycles. The number of carbonyl (C=O) groups is 1. The van der Waals surface area contributed by atoms with Crippen LogP contribution < -0.4 is 14.8 Å². The second-order valence-electron chi connectivity index (χ2n) is 6.91. The molecule has 4 rings (SSSR count). The molecule has 1 amide bonds. The number of nitrogens with zero attached hydrogens (tertiary/aromatic N) is 3. The van der Waals surface area contributed by atoms with Crippen molar-refractivity contribution in [3.63, 3.8) is 0 Å². The van der Waals surface area contributed by atoms with Crippen LogP contribution in [-0.4, -0.2) is 39.7 Å². The van der Waals surface area contributed by atoms with Crippen molar-refractivity contribution < 1.29 is 14.3 Å². The molecule has 0 radical (unpaired) electrons. The van der Waals surface area contributed by atoms with Crippen molar-refractivity contribution >= 4 is 5.91 Å². The topological polar surface area (TPSA) is 102 Å². The Hall–Kier alpha value is -3.42. The van der Waals surface area contributed by atoms with Gasteiger partial charge in [-0.05, 0) is 41.0 Å². The summed E-state index contributed by atoms with van der Waals surface area (Å²) < 4.78 is 11.3. The molecule has 1 atom stereocenters. The Morgan fingerprint density at radius 2 is 1.82 bits per heavy atom. The predicted molar refractivity (Wildman–Crippen MR) is 102 cm³/mol. The molecule has 0 spiro atoms. The molecular weight excluding hydrogens is 358 g/mol. The number of ether oxygens (including phenoxy) is 2. The number of hydrogen-bond acceptors (Lipinski definition) is 6. The van der Waals surface area contributed by atoms with Crippen LogP contribution in [0, 0.1) is 5.92 Å². The molecule has 0 saturated heterocycles. The Balaban J connectivity index is 1.52. The molecule has 1 aliphatic heterocycles. The molecule has 2 N–H and O–H groups in total. The van der Waals surface area contributed by atoms with Gasteiger partial charge >= 0.3 is 0 Å². The van der Waals surface area contributed by atoms with Crippen LogP contribution in [0.5, 0.6) is 11.5 Å². The van der Waals surface area contributed by atoms with E-state index in [1.807, 2.05) is 18.2 Å². The molecule has 0 aliphatic carbocycles. The van der Waals surface area contributed by atoms with E-state index in [0.717, 1.165) is 16.9 Å². The van der Waals surface area contributed by atoms with Crippen molar-refractivity contribution in [2.24, 2.45) is 5.92 Å². The lowest BCUT2D eigenvalue weighted by Gasteiger charge is -2.25. The summed E-state index contributed by atoms with van der Waals surface area (Å²) in [4.78, 5) is 12.8. The minimum atomic E-state index is -0.153. The minimum absolute atomic E-state index is 0.145. The van der Waals surface area contributed by atoms with Gasteiger partial charge in [0, 0.05) is 11.1 Å². The average molecular weight is 379 g/mol. The second kappa shape index (κ2) is 7.67. The summed E-state index contributed by atoms with van der Waals surface area (Å²) in [6.45, 7) is 5.22. The van der Waals surface area contributed by atoms with Crippen LogP contribution in [0.2, 0.25) is 0 Å². The zero-order valence-electron chi connectivity index (χ0n) is 15.7. The lowest BCUT2D eigenvalue weighted by molar-refractivity contribution is 0.0925. The maximum Gasteiger partial charge on any atom is 0.251 e. The molecule has 8 nitrogen and oxygen atoms in total. The number of nitrogens with one attached hydrogen (secondary N) is 2. The number of aromatic nitrogens is 4. The molecule has 2 heterocycles. The van der Waals surface area contributed by atoms with Crippen molar-refractivity contribution in [1.82, 2.24) is 25.9 Å². The van der Waals surface area contributed by atoms with Gasteiger partial charge < -0.3 is 14.8 Å². The van der Waals surface area contributed by atoms with Crippen LogP contribution in [0.3, 0.4) is 0 Å². The summed E-state index contributed by atoms with van der Waals surface area (Å²) in [6.07, 6.45) is 0.